The monoisotopic (exact) mass is 242 g/mol. The van der Waals surface area contributed by atoms with Crippen molar-refractivity contribution in [1.82, 2.24) is 10.2 Å². The number of hydrogen-bond acceptors (Lipinski definition) is 3. The van der Waals surface area contributed by atoms with Gasteiger partial charge in [0.25, 0.3) is 0 Å². The minimum absolute atomic E-state index is 0.258. The molecule has 2 N–H and O–H groups in total. The van der Waals surface area contributed by atoms with E-state index in [0.29, 0.717) is 5.41 Å². The van der Waals surface area contributed by atoms with Gasteiger partial charge in [0.1, 0.15) is 0 Å². The summed E-state index contributed by atoms with van der Waals surface area (Å²) in [6.07, 6.45) is 5.02. The van der Waals surface area contributed by atoms with Gasteiger partial charge in [-0.3, -0.25) is 0 Å². The number of likely N-dealkylation sites (N-methyl/N-ethyl adjacent to an activating group) is 1. The van der Waals surface area contributed by atoms with Gasteiger partial charge in [0, 0.05) is 12.6 Å². The van der Waals surface area contributed by atoms with E-state index in [9.17, 15) is 5.11 Å². The highest BCUT2D eigenvalue weighted by Crippen LogP contribution is 2.36. The average molecular weight is 242 g/mol. The minimum Gasteiger partial charge on any atom is -0.395 e. The third-order valence-electron chi connectivity index (χ3n) is 4.52. The molecule has 1 aliphatic rings. The van der Waals surface area contributed by atoms with Gasteiger partial charge in [-0.1, -0.05) is 20.8 Å². The van der Waals surface area contributed by atoms with E-state index >= 15 is 0 Å². The molecule has 0 radical (unpaired) electrons. The molecule has 102 valence electrons. The maximum Gasteiger partial charge on any atom is 0.0585 e. The molecule has 3 heteroatoms. The zero-order chi connectivity index (χ0) is 12.7. The predicted molar refractivity (Wildman–Crippen MR) is 73.2 cm³/mol. The normalized spacial score (nSPS) is 21.9. The fraction of sp³-hybridized carbons (Fsp3) is 1.00. The maximum atomic E-state index is 9.25. The predicted octanol–water partition coefficient (Wildman–Crippen LogP) is 1.86. The van der Waals surface area contributed by atoms with Crippen molar-refractivity contribution in [2.45, 2.75) is 52.5 Å². The van der Waals surface area contributed by atoms with E-state index in [-0.39, 0.29) is 12.6 Å². The number of likely N-dealkylation sites (tertiary alicyclic amines) is 1. The third-order valence-corrected chi connectivity index (χ3v) is 4.52. The Hall–Kier alpha value is -0.120. The highest BCUT2D eigenvalue weighted by molar-refractivity contribution is 4.88. The Labute approximate surface area is 107 Å². The van der Waals surface area contributed by atoms with Crippen LogP contribution in [0.3, 0.4) is 0 Å². The van der Waals surface area contributed by atoms with Gasteiger partial charge in [-0.15, -0.1) is 0 Å². The molecule has 1 saturated heterocycles. The number of aliphatic hydroxyl groups excluding tert-OH is 1. The van der Waals surface area contributed by atoms with Gasteiger partial charge in [0.05, 0.1) is 6.61 Å². The van der Waals surface area contributed by atoms with E-state index in [1.54, 1.807) is 0 Å². The SMILES string of the molecule is CCNC(CO)CCN1CCC(CC)(CC)C1. The van der Waals surface area contributed by atoms with Crippen LogP contribution in [0.15, 0.2) is 0 Å². The smallest absolute Gasteiger partial charge is 0.0585 e. The molecule has 1 heterocycles. The lowest BCUT2D eigenvalue weighted by Crippen LogP contribution is -2.36. The molecule has 0 saturated carbocycles. The lowest BCUT2D eigenvalue weighted by atomic mass is 9.82. The average Bonchev–Trinajstić information content (AvgIpc) is 2.79. The van der Waals surface area contributed by atoms with Gasteiger partial charge >= 0.3 is 0 Å². The lowest BCUT2D eigenvalue weighted by molar-refractivity contribution is 0.204. The summed E-state index contributed by atoms with van der Waals surface area (Å²) < 4.78 is 0. The van der Waals surface area contributed by atoms with Crippen molar-refractivity contribution in [3.05, 3.63) is 0 Å². The van der Waals surface area contributed by atoms with E-state index in [0.717, 1.165) is 19.5 Å². The summed E-state index contributed by atoms with van der Waals surface area (Å²) in [5.41, 5.74) is 0.576. The summed E-state index contributed by atoms with van der Waals surface area (Å²) in [5, 5.41) is 12.6. The molecule has 1 aliphatic heterocycles. The maximum absolute atomic E-state index is 9.25. The van der Waals surface area contributed by atoms with Crippen LogP contribution in [0.2, 0.25) is 0 Å². The summed E-state index contributed by atoms with van der Waals surface area (Å²) >= 11 is 0. The molecule has 1 fully saturated rings. The Morgan fingerprint density at radius 3 is 2.47 bits per heavy atom. The molecule has 0 bridgehead atoms. The second-order valence-electron chi connectivity index (χ2n) is 5.46. The van der Waals surface area contributed by atoms with E-state index < -0.39 is 0 Å². The molecule has 0 aromatic rings. The molecular formula is C14H30N2O. The van der Waals surface area contributed by atoms with Crippen LogP contribution in [0.5, 0.6) is 0 Å². The first-order valence-electron chi connectivity index (χ1n) is 7.26. The Morgan fingerprint density at radius 2 is 2.00 bits per heavy atom. The second-order valence-corrected chi connectivity index (χ2v) is 5.46. The van der Waals surface area contributed by atoms with Crippen molar-refractivity contribution in [2.24, 2.45) is 5.41 Å². The van der Waals surface area contributed by atoms with E-state index in [1.807, 2.05) is 0 Å². The first-order chi connectivity index (χ1) is 8.19. The molecule has 3 nitrogen and oxygen atoms in total. The standard InChI is InChI=1S/C14H30N2O/c1-4-14(5-2)8-10-16(12-14)9-7-13(11-17)15-6-3/h13,15,17H,4-12H2,1-3H3. The summed E-state index contributed by atoms with van der Waals surface area (Å²) in [5.74, 6) is 0. The molecule has 1 atom stereocenters. The molecule has 0 amide bonds. The Morgan fingerprint density at radius 1 is 1.29 bits per heavy atom. The highest BCUT2D eigenvalue weighted by atomic mass is 16.3. The van der Waals surface area contributed by atoms with Gasteiger partial charge in [0.2, 0.25) is 0 Å². The second kappa shape index (κ2) is 7.34. The Balaban J connectivity index is 2.30. The first-order valence-corrected chi connectivity index (χ1v) is 7.26. The summed E-state index contributed by atoms with van der Waals surface area (Å²) in [6.45, 7) is 11.6. The quantitative estimate of drug-likeness (QED) is 0.682. The largest absolute Gasteiger partial charge is 0.395 e. The van der Waals surface area contributed by atoms with Crippen molar-refractivity contribution in [1.29, 1.82) is 0 Å². The zero-order valence-corrected chi connectivity index (χ0v) is 11.8. The molecule has 0 aliphatic carbocycles. The molecule has 1 rings (SSSR count). The first kappa shape index (κ1) is 14.9. The van der Waals surface area contributed by atoms with Crippen LogP contribution in [0.1, 0.15) is 46.5 Å². The van der Waals surface area contributed by atoms with Crippen LogP contribution in [0.25, 0.3) is 0 Å². The van der Waals surface area contributed by atoms with Crippen molar-refractivity contribution >= 4 is 0 Å². The number of nitrogens with one attached hydrogen (secondary N) is 1. The van der Waals surface area contributed by atoms with Gasteiger partial charge in [0.15, 0.2) is 0 Å². The molecule has 0 spiro atoms. The van der Waals surface area contributed by atoms with Gasteiger partial charge in [-0.05, 0) is 50.7 Å². The highest BCUT2D eigenvalue weighted by Gasteiger charge is 2.34. The number of aliphatic hydroxyl groups is 1. The zero-order valence-electron chi connectivity index (χ0n) is 11.8. The fourth-order valence-corrected chi connectivity index (χ4v) is 2.93. The minimum atomic E-state index is 0.258. The van der Waals surface area contributed by atoms with E-state index in [4.69, 9.17) is 0 Å². The van der Waals surface area contributed by atoms with Crippen LogP contribution in [0.4, 0.5) is 0 Å². The summed E-state index contributed by atoms with van der Waals surface area (Å²) in [4.78, 5) is 2.58. The molecule has 0 aromatic heterocycles. The molecule has 17 heavy (non-hydrogen) atoms. The molecule has 0 aromatic carbocycles. The Kier molecular flexibility index (Phi) is 6.45. The van der Waals surface area contributed by atoms with E-state index in [2.05, 4.69) is 31.0 Å². The summed E-state index contributed by atoms with van der Waals surface area (Å²) in [6, 6.07) is 0.276. The topological polar surface area (TPSA) is 35.5 Å². The number of rotatable bonds is 8. The van der Waals surface area contributed by atoms with Crippen LogP contribution < -0.4 is 5.32 Å². The lowest BCUT2D eigenvalue weighted by Gasteiger charge is -2.27. The van der Waals surface area contributed by atoms with Crippen LogP contribution >= 0.6 is 0 Å². The van der Waals surface area contributed by atoms with Crippen molar-refractivity contribution < 1.29 is 5.11 Å². The van der Waals surface area contributed by atoms with E-state index in [1.165, 1.54) is 32.4 Å². The van der Waals surface area contributed by atoms with Gasteiger partial charge in [-0.25, -0.2) is 0 Å². The number of hydrogen-bond donors (Lipinski definition) is 2. The fourth-order valence-electron chi connectivity index (χ4n) is 2.93. The third kappa shape index (κ3) is 4.23. The van der Waals surface area contributed by atoms with Crippen LogP contribution in [-0.4, -0.2) is 48.8 Å². The number of nitrogens with zero attached hydrogens (tertiary/aromatic N) is 1. The summed E-state index contributed by atoms with van der Waals surface area (Å²) in [7, 11) is 0. The van der Waals surface area contributed by atoms with Crippen molar-refractivity contribution in [3.63, 3.8) is 0 Å². The van der Waals surface area contributed by atoms with Crippen LogP contribution in [0, 0.1) is 5.41 Å². The van der Waals surface area contributed by atoms with Gasteiger partial charge in [-0.2, -0.15) is 0 Å². The molecule has 1 unspecified atom stereocenters. The van der Waals surface area contributed by atoms with Crippen molar-refractivity contribution in [2.75, 3.05) is 32.8 Å². The van der Waals surface area contributed by atoms with Crippen molar-refractivity contribution in [3.8, 4) is 0 Å². The molecular weight excluding hydrogens is 212 g/mol. The van der Waals surface area contributed by atoms with Crippen LogP contribution in [-0.2, 0) is 0 Å². The van der Waals surface area contributed by atoms with Gasteiger partial charge < -0.3 is 15.3 Å². The Bertz CT molecular complexity index is 204.